The number of hydrogen-bond acceptors (Lipinski definition) is 6. The van der Waals surface area contributed by atoms with Crippen LogP contribution in [0.15, 0.2) is 58.2 Å². The fraction of sp³-hybridized carbons (Fsp3) is 0.588. The number of amides is 1. The number of piperidine rings is 1. The van der Waals surface area contributed by atoms with Gasteiger partial charge in [0.15, 0.2) is 6.04 Å². The van der Waals surface area contributed by atoms with Crippen molar-refractivity contribution in [2.45, 2.75) is 106 Å². The number of allylic oxidation sites excluding steroid dienone is 2. The van der Waals surface area contributed by atoms with E-state index >= 15 is 0 Å². The first-order valence-corrected chi connectivity index (χ1v) is 15.7. The molecule has 0 radical (unpaired) electrons. The lowest BCUT2D eigenvalue weighted by Crippen LogP contribution is -2.37. The van der Waals surface area contributed by atoms with E-state index in [1.165, 1.54) is 24.6 Å². The van der Waals surface area contributed by atoms with Gasteiger partial charge < -0.3 is 9.32 Å². The molecule has 7 nitrogen and oxygen atoms in total. The molecule has 1 fully saturated rings. The van der Waals surface area contributed by atoms with E-state index in [-0.39, 0.29) is 17.6 Å². The molecule has 4 rings (SSSR count). The third-order valence-electron chi connectivity index (χ3n) is 6.73. The van der Waals surface area contributed by atoms with Crippen LogP contribution in [-0.2, 0) is 4.79 Å². The number of aliphatic imine (C=N–C) groups is 1. The Morgan fingerprint density at radius 3 is 1.95 bits per heavy atom. The van der Waals surface area contributed by atoms with Crippen LogP contribution >= 0.6 is 0 Å². The first-order chi connectivity index (χ1) is 20.5. The van der Waals surface area contributed by atoms with E-state index in [0.29, 0.717) is 18.4 Å². The fourth-order valence-corrected chi connectivity index (χ4v) is 4.34. The van der Waals surface area contributed by atoms with E-state index in [4.69, 9.17) is 4.42 Å². The lowest BCUT2D eigenvalue weighted by molar-refractivity contribution is -0.127. The van der Waals surface area contributed by atoms with Gasteiger partial charge in [0.05, 0.1) is 5.83 Å². The van der Waals surface area contributed by atoms with Gasteiger partial charge in [0, 0.05) is 19.4 Å². The van der Waals surface area contributed by atoms with Crippen molar-refractivity contribution in [3.63, 3.8) is 0 Å². The van der Waals surface area contributed by atoms with Crippen LogP contribution < -0.4 is 0 Å². The minimum Gasteiger partial charge on any atom is -0.425 e. The van der Waals surface area contributed by atoms with Crippen molar-refractivity contribution < 1.29 is 18.0 Å². The highest BCUT2D eigenvalue weighted by Crippen LogP contribution is 2.28. The summed E-state index contributed by atoms with van der Waals surface area (Å²) in [5, 5.41) is 8.07. The highest BCUT2D eigenvalue weighted by molar-refractivity contribution is 6.05. The zero-order valence-electron chi connectivity index (χ0n) is 28.1. The summed E-state index contributed by atoms with van der Waals surface area (Å²) >= 11 is 0. The first-order valence-electron chi connectivity index (χ1n) is 15.7. The van der Waals surface area contributed by atoms with Gasteiger partial charge in [-0.3, -0.25) is 14.7 Å². The van der Waals surface area contributed by atoms with Crippen LogP contribution in [0.5, 0.6) is 0 Å². The second-order valence-corrected chi connectivity index (χ2v) is 9.88. The highest BCUT2D eigenvalue weighted by atomic mass is 19.1. The molecule has 1 unspecified atom stereocenters. The standard InChI is InChI=1S/C21H26FN5O2.C6H12.C3H5F.2C2H6/c1-14-23-19(16-4-6-18(22)7-5-16)21(28)27(14)11-3-10-26-12-8-17(9-13-26)20-25-24-15(2)29-20;1-4-6(3)5-2;1-3(2)4;2*1-2/h4-7,17,19H,3,8-13H2,1-2H3;3-5H2,1-2H3;1H2,2H3;2*1-2H3. The Kier molecular flexibility index (Phi) is 20.7. The summed E-state index contributed by atoms with van der Waals surface area (Å²) in [6, 6.07) is 5.45. The molecule has 2 aliphatic rings. The quantitative estimate of drug-likeness (QED) is 0.282. The van der Waals surface area contributed by atoms with E-state index < -0.39 is 6.04 Å². The normalized spacial score (nSPS) is 16.3. The summed E-state index contributed by atoms with van der Waals surface area (Å²) in [5.74, 6) is 1.78. The van der Waals surface area contributed by atoms with Gasteiger partial charge in [0.25, 0.3) is 5.91 Å². The van der Waals surface area contributed by atoms with Gasteiger partial charge in [-0.2, -0.15) is 0 Å². The maximum absolute atomic E-state index is 13.1. The largest absolute Gasteiger partial charge is 0.425 e. The zero-order chi connectivity index (χ0) is 32.9. The number of aryl methyl sites for hydroxylation is 1. The van der Waals surface area contributed by atoms with Crippen molar-refractivity contribution in [3.8, 4) is 0 Å². The molecule has 0 saturated carbocycles. The number of halogens is 2. The van der Waals surface area contributed by atoms with Crippen molar-refractivity contribution in [3.05, 3.63) is 72.0 Å². The number of amidine groups is 1. The predicted octanol–water partition coefficient (Wildman–Crippen LogP) is 8.99. The molecule has 2 aliphatic heterocycles. The lowest BCUT2D eigenvalue weighted by atomic mass is 9.97. The number of benzene rings is 1. The third-order valence-corrected chi connectivity index (χ3v) is 6.73. The van der Waals surface area contributed by atoms with E-state index in [0.717, 1.165) is 69.0 Å². The number of carbonyl (C=O) groups is 1. The maximum atomic E-state index is 13.1. The Labute approximate surface area is 259 Å². The summed E-state index contributed by atoms with van der Waals surface area (Å²) < 4.78 is 29.5. The van der Waals surface area contributed by atoms with E-state index in [1.54, 1.807) is 17.0 Å². The zero-order valence-corrected chi connectivity index (χ0v) is 28.1. The second-order valence-electron chi connectivity index (χ2n) is 9.88. The van der Waals surface area contributed by atoms with Crippen molar-refractivity contribution in [2.24, 2.45) is 4.99 Å². The topological polar surface area (TPSA) is 74.8 Å². The molecule has 1 saturated heterocycles. The Balaban J connectivity index is 0.00000107. The number of nitrogens with zero attached hydrogens (tertiary/aromatic N) is 5. The van der Waals surface area contributed by atoms with Gasteiger partial charge in [-0.15, -0.1) is 10.2 Å². The van der Waals surface area contributed by atoms with Gasteiger partial charge in [0.2, 0.25) is 11.8 Å². The Bertz CT molecular complexity index is 1100. The van der Waals surface area contributed by atoms with Crippen LogP contribution in [0.2, 0.25) is 0 Å². The van der Waals surface area contributed by atoms with Gasteiger partial charge >= 0.3 is 0 Å². The summed E-state index contributed by atoms with van der Waals surface area (Å²) in [7, 11) is 0. The molecule has 1 aromatic heterocycles. The summed E-state index contributed by atoms with van der Waals surface area (Å²) in [6.07, 6.45) is 5.18. The highest BCUT2D eigenvalue weighted by Gasteiger charge is 2.33. The van der Waals surface area contributed by atoms with Gasteiger partial charge in [-0.05, 0) is 83.3 Å². The molecule has 1 aromatic carbocycles. The van der Waals surface area contributed by atoms with Gasteiger partial charge in [-0.1, -0.05) is 72.4 Å². The Hall–Kier alpha value is -3.20. The van der Waals surface area contributed by atoms with Crippen molar-refractivity contribution in [2.75, 3.05) is 26.2 Å². The molecule has 0 bridgehead atoms. The minimum atomic E-state index is -0.552. The first kappa shape index (κ1) is 39.8. The maximum Gasteiger partial charge on any atom is 0.257 e. The summed E-state index contributed by atoms with van der Waals surface area (Å²) in [5.41, 5.74) is 2.08. The summed E-state index contributed by atoms with van der Waals surface area (Å²) in [4.78, 5) is 21.4. The van der Waals surface area contributed by atoms with Crippen LogP contribution in [0.3, 0.4) is 0 Å². The Morgan fingerprint density at radius 1 is 0.977 bits per heavy atom. The Morgan fingerprint density at radius 2 is 1.51 bits per heavy atom. The van der Waals surface area contributed by atoms with Crippen LogP contribution in [0.25, 0.3) is 0 Å². The molecule has 242 valence electrons. The SMILES string of the molecule is C=C(C)F.C=C(CC)CC.CC.CC.CC1=NC(c2ccc(F)cc2)C(=O)N1CCCN1CCC(c2nnc(C)o2)CC1. The molecule has 1 amide bonds. The van der Waals surface area contributed by atoms with Crippen LogP contribution in [0.4, 0.5) is 8.78 Å². The average Bonchev–Trinajstić information content (AvgIpc) is 3.57. The summed E-state index contributed by atoms with van der Waals surface area (Å²) in [6.45, 7) is 27.5. The van der Waals surface area contributed by atoms with Crippen LogP contribution in [-0.4, -0.2) is 57.9 Å². The number of hydrogen-bond donors (Lipinski definition) is 0. The third kappa shape index (κ3) is 14.7. The van der Waals surface area contributed by atoms with E-state index in [9.17, 15) is 13.6 Å². The van der Waals surface area contributed by atoms with Crippen molar-refractivity contribution >= 4 is 11.7 Å². The monoisotopic (exact) mass is 603 g/mol. The molecule has 0 aliphatic carbocycles. The average molecular weight is 604 g/mol. The molecule has 1 atom stereocenters. The number of carbonyl (C=O) groups excluding carboxylic acids is 1. The molecule has 0 spiro atoms. The molecule has 2 aromatic rings. The molecule has 9 heteroatoms. The molecule has 0 N–H and O–H groups in total. The number of likely N-dealkylation sites (tertiary alicyclic amines) is 1. The van der Waals surface area contributed by atoms with E-state index in [1.807, 2.05) is 41.5 Å². The molecule has 3 heterocycles. The smallest absolute Gasteiger partial charge is 0.257 e. The molecular formula is C34H55F2N5O2. The van der Waals surface area contributed by atoms with Crippen LogP contribution in [0.1, 0.15) is 117 Å². The second kappa shape index (κ2) is 22.4. The van der Waals surface area contributed by atoms with Crippen molar-refractivity contribution in [1.82, 2.24) is 20.0 Å². The van der Waals surface area contributed by atoms with Gasteiger partial charge in [0.1, 0.15) is 11.7 Å². The predicted molar refractivity (Wildman–Crippen MR) is 174 cm³/mol. The molecular weight excluding hydrogens is 548 g/mol. The number of rotatable bonds is 8. The van der Waals surface area contributed by atoms with Crippen LogP contribution in [0, 0.1) is 12.7 Å². The minimum absolute atomic E-state index is 0.0282. The van der Waals surface area contributed by atoms with E-state index in [2.05, 4.69) is 47.1 Å². The van der Waals surface area contributed by atoms with Crippen molar-refractivity contribution in [1.29, 1.82) is 0 Å². The fourth-order valence-electron chi connectivity index (χ4n) is 4.34. The van der Waals surface area contributed by atoms with Gasteiger partial charge in [-0.25, -0.2) is 8.78 Å². The number of aromatic nitrogens is 2. The molecule has 43 heavy (non-hydrogen) atoms. The lowest BCUT2D eigenvalue weighted by Gasteiger charge is -2.30.